The van der Waals surface area contributed by atoms with Crippen LogP contribution in [0.25, 0.3) is 34.1 Å². The van der Waals surface area contributed by atoms with Gasteiger partial charge in [0.2, 0.25) is 0 Å². The van der Waals surface area contributed by atoms with Crippen molar-refractivity contribution >= 4 is 22.9 Å². The van der Waals surface area contributed by atoms with Crippen molar-refractivity contribution in [3.8, 4) is 22.9 Å². The van der Waals surface area contributed by atoms with E-state index in [-0.39, 0.29) is 11.6 Å². The van der Waals surface area contributed by atoms with Crippen LogP contribution in [0.15, 0.2) is 84.2 Å². The number of fused-ring (bicyclic) bond motifs is 2. The summed E-state index contributed by atoms with van der Waals surface area (Å²) in [5.74, 6) is 0.109. The van der Waals surface area contributed by atoms with Crippen molar-refractivity contribution in [2.24, 2.45) is 0 Å². The van der Waals surface area contributed by atoms with Crippen LogP contribution in [0.1, 0.15) is 33.9 Å². The second-order valence-electron chi connectivity index (χ2n) is 9.68. The maximum Gasteiger partial charge on any atom is 0.283 e. The Hall–Kier alpha value is -5.65. The molecule has 1 aliphatic carbocycles. The highest BCUT2D eigenvalue weighted by Gasteiger charge is 2.26. The quantitative estimate of drug-likeness (QED) is 0.299. The number of nitrogens with one attached hydrogen (secondary N) is 2. The van der Waals surface area contributed by atoms with Gasteiger partial charge in [0, 0.05) is 30.5 Å². The zero-order chi connectivity index (χ0) is 28.1. The van der Waals surface area contributed by atoms with E-state index < -0.39 is 17.3 Å². The number of nitrogens with zero attached hydrogens (tertiary/aromatic N) is 6. The number of hydrogen-bond acceptors (Lipinski definition) is 7. The molecule has 0 saturated carbocycles. The number of H-pyrrole nitrogens is 1. The van der Waals surface area contributed by atoms with Gasteiger partial charge < -0.3 is 16.0 Å². The van der Waals surface area contributed by atoms with Crippen LogP contribution < -0.4 is 16.6 Å². The van der Waals surface area contributed by atoms with Crippen LogP contribution in [0.2, 0.25) is 0 Å². The number of anilines is 1. The molecule has 0 fully saturated rings. The van der Waals surface area contributed by atoms with Crippen LogP contribution in [0.5, 0.6) is 0 Å². The number of halogens is 1. The van der Waals surface area contributed by atoms with Gasteiger partial charge in [-0.05, 0) is 72.5 Å². The first-order chi connectivity index (χ1) is 20.0. The summed E-state index contributed by atoms with van der Waals surface area (Å²) >= 11 is 0. The molecule has 12 heteroatoms. The third-order valence-electron chi connectivity index (χ3n) is 7.20. The number of carbonyl (C=O) groups excluding carboxylic acids is 1. The molecule has 1 aromatic carbocycles. The number of aryl methyl sites for hydroxylation is 1. The second kappa shape index (κ2) is 9.52. The number of aromatic nitrogens is 7. The summed E-state index contributed by atoms with van der Waals surface area (Å²) in [7, 11) is 0. The number of pyridine rings is 3. The van der Waals surface area contributed by atoms with Crippen molar-refractivity contribution in [2.75, 3.05) is 5.73 Å². The number of nitrogen functional groups attached to an aromatic ring is 1. The van der Waals surface area contributed by atoms with Crippen molar-refractivity contribution < 1.29 is 9.18 Å². The summed E-state index contributed by atoms with van der Waals surface area (Å²) in [4.78, 5) is 40.4. The van der Waals surface area contributed by atoms with Crippen molar-refractivity contribution in [3.63, 3.8) is 0 Å². The zero-order valence-corrected chi connectivity index (χ0v) is 21.5. The highest BCUT2D eigenvalue weighted by atomic mass is 19.1. The van der Waals surface area contributed by atoms with Crippen LogP contribution in [-0.2, 0) is 6.42 Å². The molecular weight excluding hydrogens is 525 g/mol. The number of imidazole rings is 1. The minimum Gasteiger partial charge on any atom is -0.383 e. The number of aromatic amines is 1. The lowest BCUT2D eigenvalue weighted by Gasteiger charge is -2.16. The maximum absolute atomic E-state index is 13.7. The predicted molar refractivity (Wildman–Crippen MR) is 149 cm³/mol. The fourth-order valence-electron chi connectivity index (χ4n) is 5.23. The standard InChI is InChI=1S/C29H22FN9O2/c30-21-14-17(15-33-29(21)41)28(40)36-22-7-4-16-13-18(5-6-19(16)22)39-26(20-3-1-10-32-25(20)31)35-23-8-9-24(37-27(23)39)38-12-2-11-34-38/h1-3,5-6,8-15,22H,4,7H2,(H2,31,32)(H,33,41)(H,36,40)/t22-/m0/s1. The summed E-state index contributed by atoms with van der Waals surface area (Å²) in [5, 5.41) is 7.26. The van der Waals surface area contributed by atoms with E-state index in [1.165, 1.54) is 6.20 Å². The molecule has 0 bridgehead atoms. The largest absolute Gasteiger partial charge is 0.383 e. The van der Waals surface area contributed by atoms with Crippen LogP contribution in [0.4, 0.5) is 10.2 Å². The average molecular weight is 548 g/mol. The van der Waals surface area contributed by atoms with Crippen molar-refractivity contribution in [1.82, 2.24) is 39.6 Å². The van der Waals surface area contributed by atoms with Gasteiger partial charge in [0.05, 0.1) is 17.2 Å². The third kappa shape index (κ3) is 4.22. The summed E-state index contributed by atoms with van der Waals surface area (Å²) in [6.07, 6.45) is 7.74. The molecule has 7 rings (SSSR count). The molecule has 11 nitrogen and oxygen atoms in total. The van der Waals surface area contributed by atoms with E-state index in [1.807, 2.05) is 53.2 Å². The summed E-state index contributed by atoms with van der Waals surface area (Å²) < 4.78 is 17.3. The fraction of sp³-hybridized carbons (Fsp3) is 0.103. The average Bonchev–Trinajstić information content (AvgIpc) is 3.73. The SMILES string of the molecule is Nc1ncccc1-c1nc2ccc(-n3cccn3)nc2n1-c1ccc2c(c1)CC[C@@H]2NC(=O)c1c[nH]c(=O)c(F)c1. The summed E-state index contributed by atoms with van der Waals surface area (Å²) in [6.45, 7) is 0. The Labute approximate surface area is 231 Å². The van der Waals surface area contributed by atoms with Crippen LogP contribution in [0.3, 0.4) is 0 Å². The lowest BCUT2D eigenvalue weighted by molar-refractivity contribution is 0.0936. The third-order valence-corrected chi connectivity index (χ3v) is 7.20. The first-order valence-corrected chi connectivity index (χ1v) is 12.9. The highest BCUT2D eigenvalue weighted by molar-refractivity contribution is 5.94. The Bertz CT molecular complexity index is 2010. The zero-order valence-electron chi connectivity index (χ0n) is 21.5. The van der Waals surface area contributed by atoms with E-state index in [2.05, 4.69) is 26.4 Å². The van der Waals surface area contributed by atoms with Crippen LogP contribution in [-0.4, -0.2) is 40.2 Å². The van der Waals surface area contributed by atoms with Gasteiger partial charge >= 0.3 is 0 Å². The van der Waals surface area contributed by atoms with Gasteiger partial charge in [-0.3, -0.25) is 14.2 Å². The van der Waals surface area contributed by atoms with Gasteiger partial charge in [0.15, 0.2) is 23.1 Å². The van der Waals surface area contributed by atoms with Gasteiger partial charge in [0.25, 0.3) is 11.5 Å². The molecule has 1 amide bonds. The fourth-order valence-corrected chi connectivity index (χ4v) is 5.23. The highest BCUT2D eigenvalue weighted by Crippen LogP contribution is 2.36. The first kappa shape index (κ1) is 24.4. The van der Waals surface area contributed by atoms with Crippen LogP contribution >= 0.6 is 0 Å². The lowest BCUT2D eigenvalue weighted by atomic mass is 10.1. The molecule has 0 aliphatic heterocycles. The van der Waals surface area contributed by atoms with E-state index in [4.69, 9.17) is 15.7 Å². The van der Waals surface area contributed by atoms with Gasteiger partial charge in [-0.15, -0.1) is 0 Å². The maximum atomic E-state index is 13.7. The number of carbonyl (C=O) groups is 1. The molecule has 4 N–H and O–H groups in total. The molecule has 0 saturated heterocycles. The number of rotatable bonds is 5. The van der Waals surface area contributed by atoms with Gasteiger partial charge in [0.1, 0.15) is 11.3 Å². The lowest BCUT2D eigenvalue weighted by Crippen LogP contribution is -2.28. The van der Waals surface area contributed by atoms with Gasteiger partial charge in [-0.1, -0.05) is 6.07 Å². The normalized spacial score (nSPS) is 14.3. The predicted octanol–water partition coefficient (Wildman–Crippen LogP) is 3.50. The molecule has 0 unspecified atom stereocenters. The van der Waals surface area contributed by atoms with Gasteiger partial charge in [-0.25, -0.2) is 24.0 Å². The molecule has 1 atom stereocenters. The Morgan fingerprint density at radius 3 is 2.80 bits per heavy atom. The molecule has 0 radical (unpaired) electrons. The molecule has 5 heterocycles. The first-order valence-electron chi connectivity index (χ1n) is 12.9. The van der Waals surface area contributed by atoms with E-state index >= 15 is 0 Å². The Kier molecular flexibility index (Phi) is 5.66. The monoisotopic (exact) mass is 547 g/mol. The molecule has 41 heavy (non-hydrogen) atoms. The molecular formula is C29H22FN9O2. The molecule has 0 spiro atoms. The second-order valence-corrected chi connectivity index (χ2v) is 9.68. The number of amides is 1. The minimum atomic E-state index is -1.00. The number of benzene rings is 1. The van der Waals surface area contributed by atoms with Crippen molar-refractivity contribution in [2.45, 2.75) is 18.9 Å². The van der Waals surface area contributed by atoms with Gasteiger partial charge in [-0.2, -0.15) is 5.10 Å². The number of nitrogens with two attached hydrogens (primary N) is 1. The van der Waals surface area contributed by atoms with E-state index in [0.29, 0.717) is 40.6 Å². The molecule has 1 aliphatic rings. The minimum absolute atomic E-state index is 0.0508. The van der Waals surface area contributed by atoms with E-state index in [0.717, 1.165) is 29.3 Å². The molecule has 202 valence electrons. The molecule has 6 aromatic rings. The molecule has 5 aromatic heterocycles. The van der Waals surface area contributed by atoms with Crippen molar-refractivity contribution in [1.29, 1.82) is 0 Å². The Balaban J connectivity index is 1.30. The van der Waals surface area contributed by atoms with Crippen molar-refractivity contribution in [3.05, 3.63) is 112 Å². The topological polar surface area (TPSA) is 149 Å². The summed E-state index contributed by atoms with van der Waals surface area (Å²) in [5.41, 5.74) is 10.3. The Morgan fingerprint density at radius 1 is 1.10 bits per heavy atom. The number of hydrogen-bond donors (Lipinski definition) is 3. The van der Waals surface area contributed by atoms with Crippen LogP contribution in [0, 0.1) is 5.82 Å². The van der Waals surface area contributed by atoms with E-state index in [1.54, 1.807) is 17.1 Å². The smallest absolute Gasteiger partial charge is 0.283 e. The Morgan fingerprint density at radius 2 is 2.00 bits per heavy atom. The summed E-state index contributed by atoms with van der Waals surface area (Å²) in [6, 6.07) is 15.9. The van der Waals surface area contributed by atoms with E-state index in [9.17, 15) is 14.0 Å².